The Morgan fingerprint density at radius 3 is 2.67 bits per heavy atom. The van der Waals surface area contributed by atoms with Crippen molar-refractivity contribution in [3.05, 3.63) is 53.4 Å². The first-order valence-corrected chi connectivity index (χ1v) is 10.9. The SMILES string of the molecule is O=C(c1nc(-c2cccs2)n(-c2ccc(F)cc2)n1)N1CCCCC1C1OCCO1. The largest absolute Gasteiger partial charge is 0.348 e. The highest BCUT2D eigenvalue weighted by atomic mass is 32.1. The van der Waals surface area contributed by atoms with Crippen molar-refractivity contribution in [2.75, 3.05) is 19.8 Å². The van der Waals surface area contributed by atoms with Crippen molar-refractivity contribution >= 4 is 17.2 Å². The predicted molar refractivity (Wildman–Crippen MR) is 109 cm³/mol. The topological polar surface area (TPSA) is 69.5 Å². The fourth-order valence-electron chi connectivity index (χ4n) is 3.95. The maximum Gasteiger partial charge on any atom is 0.293 e. The molecule has 2 aromatic heterocycles. The van der Waals surface area contributed by atoms with Crippen LogP contribution in [0.1, 0.15) is 29.9 Å². The number of rotatable bonds is 4. The smallest absolute Gasteiger partial charge is 0.293 e. The number of halogens is 1. The second-order valence-electron chi connectivity index (χ2n) is 7.30. The van der Waals surface area contributed by atoms with Crippen molar-refractivity contribution in [1.29, 1.82) is 0 Å². The number of piperidine rings is 1. The molecular formula is C21H21FN4O3S. The standard InChI is InChI=1S/C21H21FN4O3S/c22-14-6-8-15(9-7-14)26-19(17-5-3-13-30-17)23-18(24-26)20(27)25-10-2-1-4-16(25)21-28-11-12-29-21/h3,5-9,13,16,21H,1-2,4,10-12H2. The summed E-state index contributed by atoms with van der Waals surface area (Å²) in [7, 11) is 0. The summed E-state index contributed by atoms with van der Waals surface area (Å²) in [6.07, 6.45) is 2.37. The first-order chi connectivity index (χ1) is 14.7. The Kier molecular flexibility index (Phi) is 5.32. The van der Waals surface area contributed by atoms with Gasteiger partial charge in [-0.1, -0.05) is 6.07 Å². The summed E-state index contributed by atoms with van der Waals surface area (Å²) >= 11 is 1.51. The minimum absolute atomic E-state index is 0.118. The maximum absolute atomic E-state index is 13.4. The lowest BCUT2D eigenvalue weighted by molar-refractivity contribution is -0.100. The molecule has 9 heteroatoms. The van der Waals surface area contributed by atoms with Crippen LogP contribution < -0.4 is 0 Å². The zero-order valence-corrected chi connectivity index (χ0v) is 17.1. The lowest BCUT2D eigenvalue weighted by Gasteiger charge is -2.37. The van der Waals surface area contributed by atoms with E-state index in [9.17, 15) is 9.18 Å². The highest BCUT2D eigenvalue weighted by Crippen LogP contribution is 2.28. The Hall–Kier alpha value is -2.62. The molecular weight excluding hydrogens is 407 g/mol. The number of benzene rings is 1. The second-order valence-corrected chi connectivity index (χ2v) is 8.24. The molecule has 0 spiro atoms. The molecule has 1 aromatic carbocycles. The molecule has 7 nitrogen and oxygen atoms in total. The van der Waals surface area contributed by atoms with Crippen LogP contribution in [0.2, 0.25) is 0 Å². The Labute approximate surface area is 177 Å². The normalized spacial score (nSPS) is 20.0. The summed E-state index contributed by atoms with van der Waals surface area (Å²) in [6.45, 7) is 1.71. The highest BCUT2D eigenvalue weighted by molar-refractivity contribution is 7.13. The number of thiophene rings is 1. The van der Waals surface area contributed by atoms with Crippen LogP contribution in [0.5, 0.6) is 0 Å². The Morgan fingerprint density at radius 2 is 1.93 bits per heavy atom. The third-order valence-corrected chi connectivity index (χ3v) is 6.25. The van der Waals surface area contributed by atoms with Gasteiger partial charge in [-0.3, -0.25) is 4.79 Å². The highest BCUT2D eigenvalue weighted by Gasteiger charge is 2.38. The third-order valence-electron chi connectivity index (χ3n) is 5.38. The van der Waals surface area contributed by atoms with Crippen LogP contribution >= 0.6 is 11.3 Å². The quantitative estimate of drug-likeness (QED) is 0.636. The molecule has 156 valence electrons. The molecule has 0 saturated carbocycles. The molecule has 1 unspecified atom stereocenters. The maximum atomic E-state index is 13.4. The molecule has 5 rings (SSSR count). The fraction of sp³-hybridized carbons (Fsp3) is 0.381. The molecule has 2 aliphatic rings. The van der Waals surface area contributed by atoms with Gasteiger partial charge in [0.15, 0.2) is 12.1 Å². The molecule has 2 fully saturated rings. The second kappa shape index (κ2) is 8.25. The number of carbonyl (C=O) groups excluding carboxylic acids is 1. The van der Waals surface area contributed by atoms with Gasteiger partial charge in [0.1, 0.15) is 5.82 Å². The number of ether oxygens (including phenoxy) is 2. The summed E-state index contributed by atoms with van der Waals surface area (Å²) in [4.78, 5) is 20.6. The molecule has 4 heterocycles. The van der Waals surface area contributed by atoms with Crippen molar-refractivity contribution in [3.63, 3.8) is 0 Å². The molecule has 3 aromatic rings. The monoisotopic (exact) mass is 428 g/mol. The van der Waals surface area contributed by atoms with Gasteiger partial charge in [0.05, 0.1) is 29.8 Å². The van der Waals surface area contributed by atoms with E-state index in [1.54, 1.807) is 21.7 Å². The number of aromatic nitrogens is 3. The molecule has 2 saturated heterocycles. The first kappa shape index (κ1) is 19.3. The molecule has 1 amide bonds. The van der Waals surface area contributed by atoms with Crippen molar-refractivity contribution in [2.45, 2.75) is 31.6 Å². The van der Waals surface area contributed by atoms with Crippen molar-refractivity contribution in [3.8, 4) is 16.4 Å². The van der Waals surface area contributed by atoms with Gasteiger partial charge in [0, 0.05) is 6.54 Å². The third kappa shape index (κ3) is 3.64. The van der Waals surface area contributed by atoms with Gasteiger partial charge in [0.25, 0.3) is 5.91 Å². The van der Waals surface area contributed by atoms with E-state index in [0.29, 0.717) is 31.3 Å². The van der Waals surface area contributed by atoms with E-state index >= 15 is 0 Å². The molecule has 0 aliphatic carbocycles. The molecule has 30 heavy (non-hydrogen) atoms. The van der Waals surface area contributed by atoms with Gasteiger partial charge in [-0.15, -0.1) is 16.4 Å². The van der Waals surface area contributed by atoms with Crippen LogP contribution in [0.3, 0.4) is 0 Å². The molecule has 1 atom stereocenters. The number of nitrogens with zero attached hydrogens (tertiary/aromatic N) is 4. The first-order valence-electron chi connectivity index (χ1n) is 10.0. The van der Waals surface area contributed by atoms with Gasteiger partial charge in [-0.05, 0) is 55.0 Å². The van der Waals surface area contributed by atoms with E-state index in [1.807, 2.05) is 17.5 Å². The van der Waals surface area contributed by atoms with Gasteiger partial charge in [-0.25, -0.2) is 14.1 Å². The van der Waals surface area contributed by atoms with Crippen LogP contribution in [0, 0.1) is 5.82 Å². The molecule has 0 N–H and O–H groups in total. The summed E-state index contributed by atoms with van der Waals surface area (Å²) in [5.41, 5.74) is 0.643. The van der Waals surface area contributed by atoms with E-state index in [-0.39, 0.29) is 23.6 Å². The Balaban J connectivity index is 1.51. The summed E-state index contributed by atoms with van der Waals surface area (Å²) in [5, 5.41) is 6.46. The van der Waals surface area contributed by atoms with Crippen molar-refractivity contribution < 1.29 is 18.7 Å². The molecule has 2 aliphatic heterocycles. The predicted octanol–water partition coefficient (Wildman–Crippen LogP) is 3.50. The Morgan fingerprint density at radius 1 is 1.13 bits per heavy atom. The summed E-state index contributed by atoms with van der Waals surface area (Å²) in [5.74, 6) is 0.104. The average Bonchev–Trinajstić information content (AvgIpc) is 3.55. The van der Waals surface area contributed by atoms with Crippen molar-refractivity contribution in [2.24, 2.45) is 0 Å². The molecule has 0 radical (unpaired) electrons. The van der Waals surface area contributed by atoms with Crippen LogP contribution in [-0.2, 0) is 9.47 Å². The average molecular weight is 428 g/mol. The summed E-state index contributed by atoms with van der Waals surface area (Å²) in [6, 6.07) is 9.68. The van der Waals surface area contributed by atoms with E-state index in [0.717, 1.165) is 24.1 Å². The van der Waals surface area contributed by atoms with Crippen LogP contribution in [0.25, 0.3) is 16.4 Å². The van der Waals surface area contributed by atoms with E-state index in [2.05, 4.69) is 10.1 Å². The minimum atomic E-state index is -0.398. The number of carbonyl (C=O) groups is 1. The lowest BCUT2D eigenvalue weighted by Crippen LogP contribution is -2.50. The van der Waals surface area contributed by atoms with E-state index < -0.39 is 6.29 Å². The number of hydrogen-bond donors (Lipinski definition) is 0. The van der Waals surface area contributed by atoms with Crippen LogP contribution in [0.4, 0.5) is 4.39 Å². The number of hydrogen-bond acceptors (Lipinski definition) is 6. The number of amides is 1. The Bertz CT molecular complexity index is 1020. The lowest BCUT2D eigenvalue weighted by atomic mass is 10.0. The van der Waals surface area contributed by atoms with Crippen molar-refractivity contribution in [1.82, 2.24) is 19.7 Å². The fourth-order valence-corrected chi connectivity index (χ4v) is 4.65. The van der Waals surface area contributed by atoms with Gasteiger partial charge < -0.3 is 14.4 Å². The zero-order chi connectivity index (χ0) is 20.5. The van der Waals surface area contributed by atoms with E-state index in [4.69, 9.17) is 9.47 Å². The zero-order valence-electron chi connectivity index (χ0n) is 16.2. The minimum Gasteiger partial charge on any atom is -0.348 e. The molecule has 0 bridgehead atoms. The number of likely N-dealkylation sites (tertiary alicyclic amines) is 1. The van der Waals surface area contributed by atoms with Crippen LogP contribution in [-0.4, -0.2) is 57.7 Å². The van der Waals surface area contributed by atoms with Gasteiger partial charge in [-0.2, -0.15) is 0 Å². The van der Waals surface area contributed by atoms with Gasteiger partial charge >= 0.3 is 0 Å². The van der Waals surface area contributed by atoms with E-state index in [1.165, 1.54) is 23.5 Å². The van der Waals surface area contributed by atoms with Crippen LogP contribution in [0.15, 0.2) is 41.8 Å². The summed E-state index contributed by atoms with van der Waals surface area (Å²) < 4.78 is 26.4. The van der Waals surface area contributed by atoms with Gasteiger partial charge in [0.2, 0.25) is 5.82 Å².